The fourth-order valence-corrected chi connectivity index (χ4v) is 2.15. The fraction of sp³-hybridized carbons (Fsp3) is 0.0714. The van der Waals surface area contributed by atoms with Gasteiger partial charge in [0.2, 0.25) is 0 Å². The third-order valence-electron chi connectivity index (χ3n) is 2.43. The van der Waals surface area contributed by atoms with Crippen molar-refractivity contribution in [2.75, 3.05) is 5.32 Å². The Morgan fingerprint density at radius 1 is 0.905 bits per heavy atom. The summed E-state index contributed by atoms with van der Waals surface area (Å²) in [5, 5.41) is -1.75. The van der Waals surface area contributed by atoms with Crippen molar-refractivity contribution >= 4 is 23.4 Å². The van der Waals surface area contributed by atoms with Crippen LogP contribution < -0.4 is 5.32 Å². The second kappa shape index (κ2) is 6.17. The molecular formula is C14H9F4NOS. The maximum atomic E-state index is 13.8. The number of rotatable bonds is 4. The highest BCUT2D eigenvalue weighted by atomic mass is 32.2. The Kier molecular flexibility index (Phi) is 4.52. The Morgan fingerprint density at radius 2 is 1.38 bits per heavy atom. The molecule has 21 heavy (non-hydrogen) atoms. The molecule has 0 aliphatic rings. The largest absolute Gasteiger partial charge is 0.375 e. The van der Waals surface area contributed by atoms with Crippen molar-refractivity contribution in [2.45, 2.75) is 10.2 Å². The lowest BCUT2D eigenvalue weighted by molar-refractivity contribution is -0.129. The first-order valence-electron chi connectivity index (χ1n) is 5.76. The van der Waals surface area contributed by atoms with Crippen LogP contribution in [0.3, 0.4) is 0 Å². The van der Waals surface area contributed by atoms with Crippen molar-refractivity contribution in [3.63, 3.8) is 0 Å². The van der Waals surface area contributed by atoms with Gasteiger partial charge in [0, 0.05) is 10.6 Å². The van der Waals surface area contributed by atoms with Gasteiger partial charge < -0.3 is 5.32 Å². The zero-order chi connectivity index (χ0) is 15.5. The third kappa shape index (κ3) is 4.22. The normalized spacial score (nSPS) is 11.2. The first-order chi connectivity index (χ1) is 9.87. The minimum Gasteiger partial charge on any atom is -0.320 e. The fourth-order valence-electron chi connectivity index (χ4n) is 1.43. The molecular weight excluding hydrogens is 306 g/mol. The molecule has 2 nitrogen and oxygen atoms in total. The standard InChI is InChI=1S/C14H9F4NOS/c15-9-1-5-11(6-2-9)19-13(20)14(17,18)21-12-7-3-10(16)4-8-12/h1-8H,(H,19,20). The van der Waals surface area contributed by atoms with Crippen LogP contribution in [0.5, 0.6) is 0 Å². The van der Waals surface area contributed by atoms with E-state index in [2.05, 4.69) is 0 Å². The monoisotopic (exact) mass is 315 g/mol. The number of benzene rings is 2. The molecule has 0 saturated carbocycles. The summed E-state index contributed by atoms with van der Waals surface area (Å²) in [7, 11) is 0. The topological polar surface area (TPSA) is 29.1 Å². The number of hydrogen-bond acceptors (Lipinski definition) is 2. The van der Waals surface area contributed by atoms with Crippen LogP contribution in [0.4, 0.5) is 23.2 Å². The van der Waals surface area contributed by atoms with E-state index in [1.165, 1.54) is 12.1 Å². The average Bonchev–Trinajstić information content (AvgIpc) is 2.43. The lowest BCUT2D eigenvalue weighted by Gasteiger charge is -2.15. The van der Waals surface area contributed by atoms with Gasteiger partial charge >= 0.3 is 11.2 Å². The number of halogens is 4. The molecule has 1 N–H and O–H groups in total. The smallest absolute Gasteiger partial charge is 0.320 e. The summed E-state index contributed by atoms with van der Waals surface area (Å²) < 4.78 is 52.9. The summed E-state index contributed by atoms with van der Waals surface area (Å²) in [5.74, 6) is -2.64. The molecule has 0 unspecified atom stereocenters. The number of anilines is 1. The maximum Gasteiger partial charge on any atom is 0.375 e. The van der Waals surface area contributed by atoms with Crippen molar-refractivity contribution in [1.82, 2.24) is 0 Å². The Balaban J connectivity index is 2.05. The molecule has 1 amide bonds. The van der Waals surface area contributed by atoms with E-state index in [4.69, 9.17) is 0 Å². The summed E-state index contributed by atoms with van der Waals surface area (Å²) in [5.41, 5.74) is 0.0563. The molecule has 0 fully saturated rings. The third-order valence-corrected chi connectivity index (χ3v) is 3.38. The number of alkyl halides is 2. The van der Waals surface area contributed by atoms with Crippen LogP contribution >= 0.6 is 11.8 Å². The molecule has 2 aromatic rings. The van der Waals surface area contributed by atoms with Gasteiger partial charge in [0.05, 0.1) is 0 Å². The van der Waals surface area contributed by atoms with Gasteiger partial charge in [0.15, 0.2) is 0 Å². The van der Waals surface area contributed by atoms with Crippen molar-refractivity contribution in [1.29, 1.82) is 0 Å². The van der Waals surface area contributed by atoms with Gasteiger partial charge in [-0.05, 0) is 60.3 Å². The number of thioether (sulfide) groups is 1. The van der Waals surface area contributed by atoms with Gasteiger partial charge in [0.1, 0.15) is 11.6 Å². The second-order valence-corrected chi connectivity index (χ2v) is 5.22. The summed E-state index contributed by atoms with van der Waals surface area (Å²) in [4.78, 5) is 11.6. The predicted molar refractivity (Wildman–Crippen MR) is 72.2 cm³/mol. The van der Waals surface area contributed by atoms with E-state index >= 15 is 0 Å². The summed E-state index contributed by atoms with van der Waals surface area (Å²) >= 11 is -0.00102. The van der Waals surface area contributed by atoms with Gasteiger partial charge in [-0.3, -0.25) is 4.79 Å². The van der Waals surface area contributed by atoms with Crippen molar-refractivity contribution in [3.8, 4) is 0 Å². The van der Waals surface area contributed by atoms with Gasteiger partial charge in [0.25, 0.3) is 0 Å². The van der Waals surface area contributed by atoms with Crippen LogP contribution in [-0.2, 0) is 4.79 Å². The first kappa shape index (κ1) is 15.4. The molecule has 0 saturated heterocycles. The molecule has 0 heterocycles. The maximum absolute atomic E-state index is 13.8. The van der Waals surface area contributed by atoms with Crippen LogP contribution in [0.25, 0.3) is 0 Å². The van der Waals surface area contributed by atoms with E-state index in [-0.39, 0.29) is 22.3 Å². The van der Waals surface area contributed by atoms with Crippen LogP contribution in [0.1, 0.15) is 0 Å². The molecule has 0 radical (unpaired) electrons. The molecule has 7 heteroatoms. The highest BCUT2D eigenvalue weighted by Crippen LogP contribution is 2.36. The van der Waals surface area contributed by atoms with E-state index in [1.807, 2.05) is 5.32 Å². The predicted octanol–water partition coefficient (Wildman–Crippen LogP) is 4.29. The molecule has 110 valence electrons. The Hall–Kier alpha value is -2.02. The quantitative estimate of drug-likeness (QED) is 0.674. The molecule has 0 atom stereocenters. The van der Waals surface area contributed by atoms with E-state index in [0.29, 0.717) is 0 Å². The highest BCUT2D eigenvalue weighted by Gasteiger charge is 2.40. The molecule has 0 spiro atoms. The van der Waals surface area contributed by atoms with Gasteiger partial charge in [-0.25, -0.2) is 8.78 Å². The zero-order valence-electron chi connectivity index (χ0n) is 10.4. The zero-order valence-corrected chi connectivity index (χ0v) is 11.3. The average molecular weight is 315 g/mol. The van der Waals surface area contributed by atoms with Crippen LogP contribution in [-0.4, -0.2) is 11.2 Å². The molecule has 2 rings (SSSR count). The minimum atomic E-state index is -3.74. The Morgan fingerprint density at radius 3 is 1.90 bits per heavy atom. The van der Waals surface area contributed by atoms with Crippen LogP contribution in [0.15, 0.2) is 53.4 Å². The van der Waals surface area contributed by atoms with E-state index in [1.54, 1.807) is 0 Å². The van der Waals surface area contributed by atoms with Crippen LogP contribution in [0, 0.1) is 11.6 Å². The molecule has 0 aliphatic carbocycles. The summed E-state index contributed by atoms with van der Waals surface area (Å²) in [6.07, 6.45) is 0. The second-order valence-electron chi connectivity index (χ2n) is 4.03. The highest BCUT2D eigenvalue weighted by molar-refractivity contribution is 8.01. The Bertz CT molecular complexity index is 628. The van der Waals surface area contributed by atoms with Gasteiger partial charge in [-0.15, -0.1) is 0 Å². The minimum absolute atomic E-state index is 0.00102. The molecule has 2 aromatic carbocycles. The molecule has 0 aromatic heterocycles. The summed E-state index contributed by atoms with van der Waals surface area (Å²) in [6.45, 7) is 0. The number of nitrogens with one attached hydrogen (secondary N) is 1. The van der Waals surface area contributed by atoms with E-state index in [0.717, 1.165) is 36.4 Å². The van der Waals surface area contributed by atoms with Crippen LogP contribution in [0.2, 0.25) is 0 Å². The SMILES string of the molecule is O=C(Nc1ccc(F)cc1)C(F)(F)Sc1ccc(F)cc1. The lowest BCUT2D eigenvalue weighted by atomic mass is 10.3. The lowest BCUT2D eigenvalue weighted by Crippen LogP contribution is -2.31. The van der Waals surface area contributed by atoms with Crippen molar-refractivity contribution in [2.24, 2.45) is 0 Å². The number of amides is 1. The number of carbonyl (C=O) groups excluding carboxylic acids is 1. The van der Waals surface area contributed by atoms with E-state index in [9.17, 15) is 22.4 Å². The Labute approximate surface area is 122 Å². The summed E-state index contributed by atoms with van der Waals surface area (Å²) in [6, 6.07) is 8.78. The first-order valence-corrected chi connectivity index (χ1v) is 6.58. The van der Waals surface area contributed by atoms with Gasteiger partial charge in [-0.1, -0.05) is 0 Å². The van der Waals surface area contributed by atoms with Crippen molar-refractivity contribution < 1.29 is 22.4 Å². The number of hydrogen-bond donors (Lipinski definition) is 1. The van der Waals surface area contributed by atoms with E-state index < -0.39 is 22.8 Å². The number of carbonyl (C=O) groups is 1. The van der Waals surface area contributed by atoms with Gasteiger partial charge in [-0.2, -0.15) is 8.78 Å². The molecule has 0 bridgehead atoms. The molecule has 0 aliphatic heterocycles. The van der Waals surface area contributed by atoms with Crippen molar-refractivity contribution in [3.05, 3.63) is 60.2 Å².